The van der Waals surface area contributed by atoms with E-state index in [1.165, 1.54) is 6.07 Å². The molecule has 1 saturated carbocycles. The van der Waals surface area contributed by atoms with E-state index in [-0.39, 0.29) is 12.0 Å². The van der Waals surface area contributed by atoms with Crippen molar-refractivity contribution in [1.29, 1.82) is 0 Å². The van der Waals surface area contributed by atoms with Crippen LogP contribution in [-0.4, -0.2) is 28.0 Å². The second kappa shape index (κ2) is 6.84. The van der Waals surface area contributed by atoms with Crippen molar-refractivity contribution in [3.05, 3.63) is 54.7 Å². The molecule has 2 aromatic heterocycles. The van der Waals surface area contributed by atoms with Gasteiger partial charge in [-0.3, -0.25) is 0 Å². The predicted octanol–water partition coefficient (Wildman–Crippen LogP) is 3.68. The van der Waals surface area contributed by atoms with Crippen LogP contribution in [0, 0.1) is 5.92 Å². The summed E-state index contributed by atoms with van der Waals surface area (Å²) in [6.07, 6.45) is 3.75. The average Bonchev–Trinajstić information content (AvgIpc) is 3.05. The Morgan fingerprint density at radius 3 is 2.64 bits per heavy atom. The quantitative estimate of drug-likeness (QED) is 0.739. The normalized spacial score (nSPS) is 19.2. The minimum Gasteiger partial charge on any atom is -0.493 e. The van der Waals surface area contributed by atoms with E-state index < -0.39 is 0 Å². The Morgan fingerprint density at radius 2 is 1.96 bits per heavy atom. The lowest BCUT2D eigenvalue weighted by Crippen LogP contribution is -2.37. The topological polar surface area (TPSA) is 77.6 Å². The van der Waals surface area contributed by atoms with E-state index in [9.17, 15) is 5.11 Å². The summed E-state index contributed by atoms with van der Waals surface area (Å²) < 4.78 is 16.6. The number of aromatic nitrogens is 2. The zero-order chi connectivity index (χ0) is 17.1. The summed E-state index contributed by atoms with van der Waals surface area (Å²) in [5.41, 5.74) is 0.739. The van der Waals surface area contributed by atoms with Crippen molar-refractivity contribution in [2.45, 2.75) is 18.9 Å². The fraction of sp³-hybridized carbons (Fsp3) is 0.263. The summed E-state index contributed by atoms with van der Waals surface area (Å²) in [5.74, 6) is 2.33. The zero-order valence-electron chi connectivity index (χ0n) is 13.5. The molecule has 0 saturated heterocycles. The van der Waals surface area contributed by atoms with Gasteiger partial charge in [-0.15, -0.1) is 0 Å². The Kier molecular flexibility index (Phi) is 4.24. The molecule has 128 valence electrons. The van der Waals surface area contributed by atoms with E-state index in [2.05, 4.69) is 10.1 Å². The molecule has 2 heterocycles. The summed E-state index contributed by atoms with van der Waals surface area (Å²) in [5, 5.41) is 12.7. The van der Waals surface area contributed by atoms with Crippen molar-refractivity contribution in [1.82, 2.24) is 10.1 Å². The number of rotatable bonds is 6. The molecule has 0 spiro atoms. The summed E-state index contributed by atoms with van der Waals surface area (Å²) in [6.45, 7) is 0.714. The van der Waals surface area contributed by atoms with Crippen LogP contribution < -0.4 is 9.47 Å². The van der Waals surface area contributed by atoms with Gasteiger partial charge in [0.2, 0.25) is 5.88 Å². The van der Waals surface area contributed by atoms with Crippen molar-refractivity contribution in [3.63, 3.8) is 0 Å². The van der Waals surface area contributed by atoms with Crippen molar-refractivity contribution >= 4 is 0 Å². The molecule has 6 heteroatoms. The van der Waals surface area contributed by atoms with E-state index in [1.54, 1.807) is 12.3 Å². The van der Waals surface area contributed by atoms with Gasteiger partial charge >= 0.3 is 0 Å². The Bertz CT molecular complexity index is 811. The maximum Gasteiger partial charge on any atom is 0.252 e. The lowest BCUT2D eigenvalue weighted by molar-refractivity contribution is 0.0356. The van der Waals surface area contributed by atoms with Crippen LogP contribution >= 0.6 is 0 Å². The first-order valence-corrected chi connectivity index (χ1v) is 8.23. The maximum absolute atomic E-state index is 9.21. The fourth-order valence-electron chi connectivity index (χ4n) is 2.81. The van der Waals surface area contributed by atoms with Crippen molar-refractivity contribution in [2.75, 3.05) is 6.61 Å². The molecule has 0 unspecified atom stereocenters. The highest BCUT2D eigenvalue weighted by Crippen LogP contribution is 2.32. The van der Waals surface area contributed by atoms with E-state index in [0.29, 0.717) is 24.2 Å². The first kappa shape index (κ1) is 15.5. The van der Waals surface area contributed by atoms with E-state index in [4.69, 9.17) is 14.0 Å². The lowest BCUT2D eigenvalue weighted by Gasteiger charge is -2.34. The lowest BCUT2D eigenvalue weighted by atomic mass is 9.83. The van der Waals surface area contributed by atoms with Gasteiger partial charge in [0.15, 0.2) is 5.76 Å². The van der Waals surface area contributed by atoms with Crippen LogP contribution in [0.25, 0.3) is 11.3 Å². The third-order valence-electron chi connectivity index (χ3n) is 4.23. The number of ether oxygens (including phenoxy) is 2. The molecular formula is C19H18N2O4. The number of aromatic hydroxyl groups is 1. The van der Waals surface area contributed by atoms with Gasteiger partial charge in [-0.05, 0) is 42.1 Å². The van der Waals surface area contributed by atoms with Crippen LogP contribution in [0.3, 0.4) is 0 Å². The number of hydrogen-bond acceptors (Lipinski definition) is 6. The van der Waals surface area contributed by atoms with E-state index >= 15 is 0 Å². The first-order valence-electron chi connectivity index (χ1n) is 8.23. The minimum atomic E-state index is -0.145. The molecule has 1 fully saturated rings. The molecule has 1 aromatic carbocycles. The molecule has 0 amide bonds. The smallest absolute Gasteiger partial charge is 0.252 e. The molecule has 1 aliphatic carbocycles. The third kappa shape index (κ3) is 3.74. The van der Waals surface area contributed by atoms with Crippen LogP contribution in [0.5, 0.6) is 17.5 Å². The highest BCUT2D eigenvalue weighted by molar-refractivity contribution is 5.56. The average molecular weight is 338 g/mol. The fourth-order valence-corrected chi connectivity index (χ4v) is 2.81. The number of pyridine rings is 1. The Balaban J connectivity index is 1.24. The Labute approximate surface area is 145 Å². The van der Waals surface area contributed by atoms with Crippen LogP contribution in [0.2, 0.25) is 0 Å². The van der Waals surface area contributed by atoms with Gasteiger partial charge in [0.1, 0.15) is 11.9 Å². The molecule has 25 heavy (non-hydrogen) atoms. The maximum atomic E-state index is 9.21. The van der Waals surface area contributed by atoms with Gasteiger partial charge in [0.05, 0.1) is 6.61 Å². The molecule has 0 radical (unpaired) electrons. The van der Waals surface area contributed by atoms with Crippen molar-refractivity contribution in [2.24, 2.45) is 5.92 Å². The molecule has 0 atom stereocenters. The van der Waals surface area contributed by atoms with Crippen LogP contribution in [0.15, 0.2) is 59.3 Å². The van der Waals surface area contributed by atoms with E-state index in [0.717, 1.165) is 24.2 Å². The van der Waals surface area contributed by atoms with Gasteiger partial charge in [-0.2, -0.15) is 0 Å². The highest BCUT2D eigenvalue weighted by Gasteiger charge is 2.31. The molecule has 0 aliphatic heterocycles. The van der Waals surface area contributed by atoms with Gasteiger partial charge in [0, 0.05) is 23.9 Å². The summed E-state index contributed by atoms with van der Waals surface area (Å²) in [6, 6.07) is 14.9. The van der Waals surface area contributed by atoms with Crippen molar-refractivity contribution in [3.8, 4) is 28.8 Å². The van der Waals surface area contributed by atoms with E-state index in [1.807, 2.05) is 36.4 Å². The molecule has 4 rings (SSSR count). The van der Waals surface area contributed by atoms with Gasteiger partial charge in [0.25, 0.3) is 5.88 Å². The summed E-state index contributed by atoms with van der Waals surface area (Å²) in [4.78, 5) is 4.28. The Morgan fingerprint density at radius 1 is 1.12 bits per heavy atom. The monoisotopic (exact) mass is 338 g/mol. The van der Waals surface area contributed by atoms with Crippen LogP contribution in [-0.2, 0) is 0 Å². The molecule has 1 N–H and O–H groups in total. The van der Waals surface area contributed by atoms with Crippen molar-refractivity contribution < 1.29 is 19.1 Å². The molecule has 1 aliphatic rings. The summed E-state index contributed by atoms with van der Waals surface area (Å²) >= 11 is 0. The minimum absolute atomic E-state index is 0.145. The Hall–Kier alpha value is -3.02. The number of nitrogens with zero attached hydrogens (tertiary/aromatic N) is 2. The number of hydrogen-bond donors (Lipinski definition) is 1. The standard InChI is InChI=1S/C19H18N2O4/c22-18-10-17(25-21-18)14-6-7-19(20-11-14)24-16-8-13(9-16)12-23-15-4-2-1-3-5-15/h1-7,10-11,13,16H,8-9,12H2,(H,21,22)/t13-,16+. The second-order valence-electron chi connectivity index (χ2n) is 6.14. The van der Waals surface area contributed by atoms with Gasteiger partial charge in [-0.25, -0.2) is 4.98 Å². The van der Waals surface area contributed by atoms with Crippen LogP contribution in [0.4, 0.5) is 0 Å². The molecule has 0 bridgehead atoms. The van der Waals surface area contributed by atoms with Crippen LogP contribution in [0.1, 0.15) is 12.8 Å². The SMILES string of the molecule is Oc1cc(-c2ccc(O[C@H]3C[C@@H](COc4ccccc4)C3)nc2)on1. The second-order valence-corrected chi connectivity index (χ2v) is 6.14. The largest absolute Gasteiger partial charge is 0.493 e. The highest BCUT2D eigenvalue weighted by atomic mass is 16.5. The molecule has 3 aromatic rings. The zero-order valence-corrected chi connectivity index (χ0v) is 13.5. The number of para-hydroxylation sites is 1. The molecular weight excluding hydrogens is 320 g/mol. The van der Waals surface area contributed by atoms with Gasteiger partial charge < -0.3 is 19.1 Å². The first-order chi connectivity index (χ1) is 12.3. The summed E-state index contributed by atoms with van der Waals surface area (Å²) in [7, 11) is 0. The number of benzene rings is 1. The van der Waals surface area contributed by atoms with Gasteiger partial charge in [-0.1, -0.05) is 18.2 Å². The molecule has 6 nitrogen and oxygen atoms in total. The predicted molar refractivity (Wildman–Crippen MR) is 90.5 cm³/mol. The third-order valence-corrected chi connectivity index (χ3v) is 4.23.